The molecule has 1 N–H and O–H groups in total. The van der Waals surface area contributed by atoms with E-state index in [0.29, 0.717) is 5.75 Å². The second-order valence-electron chi connectivity index (χ2n) is 3.91. The molecule has 0 atom stereocenters. The molecule has 1 rings (SSSR count). The number of nitrogens with zero attached hydrogens (tertiary/aromatic N) is 2. The van der Waals surface area contributed by atoms with Gasteiger partial charge in [0.15, 0.2) is 0 Å². The van der Waals surface area contributed by atoms with Crippen molar-refractivity contribution in [1.29, 1.82) is 0 Å². The molecule has 1 aromatic rings. The van der Waals surface area contributed by atoms with Crippen LogP contribution >= 0.6 is 23.5 Å². The lowest BCUT2D eigenvalue weighted by Crippen LogP contribution is -2.24. The van der Waals surface area contributed by atoms with Gasteiger partial charge >= 0.3 is 0 Å². The standard InChI is InChI=1S/C14H19N3OS2/c1-4-19-10-13(18)17-14(11(2)15-3)20-9-12-6-5-7-16-8-12/h5-8H,3-4,9-10H2,1-2H3,(H,17,18)/b14-11-. The zero-order valence-corrected chi connectivity index (χ0v) is 13.4. The van der Waals surface area contributed by atoms with Crippen molar-refractivity contribution >= 4 is 36.1 Å². The molecule has 0 aromatic carbocycles. The molecule has 0 aliphatic heterocycles. The Hall–Kier alpha value is -1.27. The maximum Gasteiger partial charge on any atom is 0.234 e. The summed E-state index contributed by atoms with van der Waals surface area (Å²) in [5, 5.41) is 3.66. The fourth-order valence-electron chi connectivity index (χ4n) is 1.30. The van der Waals surface area contributed by atoms with E-state index in [4.69, 9.17) is 0 Å². The monoisotopic (exact) mass is 309 g/mol. The number of thioether (sulfide) groups is 2. The minimum Gasteiger partial charge on any atom is -0.318 e. The Morgan fingerprint density at radius 1 is 1.55 bits per heavy atom. The Bertz CT molecular complexity index is 475. The zero-order valence-electron chi connectivity index (χ0n) is 11.8. The normalized spacial score (nSPS) is 11.7. The van der Waals surface area contributed by atoms with Crippen LogP contribution in [0, 0.1) is 0 Å². The minimum absolute atomic E-state index is 0.00598. The number of allylic oxidation sites excluding steroid dienone is 1. The Balaban J connectivity index is 2.62. The molecule has 1 amide bonds. The average Bonchev–Trinajstić information content (AvgIpc) is 2.49. The van der Waals surface area contributed by atoms with Crippen molar-refractivity contribution in [3.8, 4) is 0 Å². The number of pyridine rings is 1. The Kier molecular flexibility index (Phi) is 8.06. The third-order valence-electron chi connectivity index (χ3n) is 2.36. The average molecular weight is 309 g/mol. The van der Waals surface area contributed by atoms with E-state index in [-0.39, 0.29) is 5.91 Å². The van der Waals surface area contributed by atoms with Gasteiger partial charge in [-0.1, -0.05) is 13.0 Å². The predicted molar refractivity (Wildman–Crippen MR) is 88.9 cm³/mol. The number of hydrogen-bond donors (Lipinski definition) is 1. The molecule has 108 valence electrons. The van der Waals surface area contributed by atoms with Gasteiger partial charge in [0.05, 0.1) is 16.5 Å². The van der Waals surface area contributed by atoms with E-state index >= 15 is 0 Å². The quantitative estimate of drug-likeness (QED) is 0.750. The molecule has 0 unspecified atom stereocenters. The van der Waals surface area contributed by atoms with Crippen LogP contribution in [-0.2, 0) is 10.5 Å². The summed E-state index contributed by atoms with van der Waals surface area (Å²) in [6.07, 6.45) is 3.56. The topological polar surface area (TPSA) is 54.4 Å². The van der Waals surface area contributed by atoms with E-state index < -0.39 is 0 Å². The van der Waals surface area contributed by atoms with Gasteiger partial charge in [0, 0.05) is 18.1 Å². The fraction of sp³-hybridized carbons (Fsp3) is 0.357. The van der Waals surface area contributed by atoms with Gasteiger partial charge in [-0.25, -0.2) is 0 Å². The summed E-state index contributed by atoms with van der Waals surface area (Å²) in [6, 6.07) is 3.90. The molecule has 0 spiro atoms. The number of hydrogen-bond acceptors (Lipinski definition) is 5. The van der Waals surface area contributed by atoms with E-state index in [1.54, 1.807) is 18.0 Å². The molecule has 1 heterocycles. The highest BCUT2D eigenvalue weighted by Gasteiger charge is 2.08. The Labute approximate surface area is 128 Å². The zero-order chi connectivity index (χ0) is 14.8. The molecule has 0 aliphatic rings. The molecule has 20 heavy (non-hydrogen) atoms. The summed E-state index contributed by atoms with van der Waals surface area (Å²) >= 11 is 3.13. The first-order valence-electron chi connectivity index (χ1n) is 6.24. The SMILES string of the molecule is C=N/C(C)=C(/NC(=O)CSCC)SCc1cccnc1. The third kappa shape index (κ3) is 6.25. The van der Waals surface area contributed by atoms with Gasteiger partial charge < -0.3 is 5.32 Å². The van der Waals surface area contributed by atoms with Crippen LogP contribution in [0.3, 0.4) is 0 Å². The summed E-state index contributed by atoms with van der Waals surface area (Å²) in [4.78, 5) is 19.8. The molecular weight excluding hydrogens is 290 g/mol. The van der Waals surface area contributed by atoms with Crippen LogP contribution < -0.4 is 5.32 Å². The van der Waals surface area contributed by atoms with Crippen LogP contribution in [0.1, 0.15) is 19.4 Å². The fourth-order valence-corrected chi connectivity index (χ4v) is 2.70. The lowest BCUT2D eigenvalue weighted by molar-refractivity contribution is -0.117. The number of rotatable bonds is 8. The summed E-state index contributed by atoms with van der Waals surface area (Å²) in [6.45, 7) is 7.39. The second-order valence-corrected chi connectivity index (χ2v) is 6.17. The van der Waals surface area contributed by atoms with Gasteiger partial charge in [-0.15, -0.1) is 11.8 Å². The van der Waals surface area contributed by atoms with E-state index in [0.717, 1.165) is 27.8 Å². The second kappa shape index (κ2) is 9.61. The number of carbonyl (C=O) groups is 1. The number of carbonyl (C=O) groups excluding carboxylic acids is 1. The van der Waals surface area contributed by atoms with Crippen molar-refractivity contribution in [3.63, 3.8) is 0 Å². The smallest absolute Gasteiger partial charge is 0.234 e. The summed E-state index contributed by atoms with van der Waals surface area (Å²) in [5.41, 5.74) is 1.83. The van der Waals surface area contributed by atoms with Crippen molar-refractivity contribution < 1.29 is 4.79 Å². The van der Waals surface area contributed by atoms with Gasteiger partial charge in [-0.2, -0.15) is 11.8 Å². The van der Waals surface area contributed by atoms with Crippen molar-refractivity contribution in [3.05, 3.63) is 40.8 Å². The molecule has 0 saturated carbocycles. The first kappa shape index (κ1) is 16.8. The summed E-state index contributed by atoms with van der Waals surface area (Å²) in [5.74, 6) is 2.11. The van der Waals surface area contributed by atoms with E-state index in [9.17, 15) is 4.79 Å². The van der Waals surface area contributed by atoms with Gasteiger partial charge in [0.2, 0.25) is 5.91 Å². The first-order valence-corrected chi connectivity index (χ1v) is 8.38. The molecule has 0 aliphatic carbocycles. The van der Waals surface area contributed by atoms with Crippen LogP contribution in [0.5, 0.6) is 0 Å². The van der Waals surface area contributed by atoms with E-state index in [1.807, 2.05) is 32.2 Å². The van der Waals surface area contributed by atoms with Gasteiger partial charge in [-0.3, -0.25) is 14.8 Å². The number of aliphatic imine (C=N–C) groups is 1. The van der Waals surface area contributed by atoms with Gasteiger partial charge in [0.25, 0.3) is 0 Å². The Morgan fingerprint density at radius 3 is 2.95 bits per heavy atom. The predicted octanol–water partition coefficient (Wildman–Crippen LogP) is 3.07. The van der Waals surface area contributed by atoms with Crippen LogP contribution in [-0.4, -0.2) is 29.1 Å². The van der Waals surface area contributed by atoms with Gasteiger partial charge in [-0.05, 0) is 31.0 Å². The number of amides is 1. The van der Waals surface area contributed by atoms with Crippen LogP contribution in [0.15, 0.2) is 40.2 Å². The van der Waals surface area contributed by atoms with Crippen LogP contribution in [0.25, 0.3) is 0 Å². The lowest BCUT2D eigenvalue weighted by Gasteiger charge is -2.11. The molecular formula is C14H19N3OS2. The van der Waals surface area contributed by atoms with Crippen LogP contribution in [0.2, 0.25) is 0 Å². The highest BCUT2D eigenvalue weighted by Crippen LogP contribution is 2.22. The molecule has 0 fully saturated rings. The van der Waals surface area contributed by atoms with Crippen LogP contribution in [0.4, 0.5) is 0 Å². The molecule has 1 aromatic heterocycles. The van der Waals surface area contributed by atoms with E-state index in [2.05, 4.69) is 22.0 Å². The Morgan fingerprint density at radius 2 is 2.35 bits per heavy atom. The van der Waals surface area contributed by atoms with Crippen molar-refractivity contribution in [2.45, 2.75) is 19.6 Å². The molecule has 0 bridgehead atoms. The maximum absolute atomic E-state index is 11.8. The van der Waals surface area contributed by atoms with Crippen molar-refractivity contribution in [2.75, 3.05) is 11.5 Å². The minimum atomic E-state index is -0.00598. The molecule has 4 nitrogen and oxygen atoms in total. The summed E-state index contributed by atoms with van der Waals surface area (Å²) in [7, 11) is 0. The first-order chi connectivity index (χ1) is 9.67. The third-order valence-corrected chi connectivity index (χ3v) is 4.40. The maximum atomic E-state index is 11.8. The highest BCUT2D eigenvalue weighted by molar-refractivity contribution is 8.02. The molecule has 0 saturated heterocycles. The van der Waals surface area contributed by atoms with Gasteiger partial charge in [0.1, 0.15) is 0 Å². The summed E-state index contributed by atoms with van der Waals surface area (Å²) < 4.78 is 0. The molecule has 0 radical (unpaired) electrons. The number of aromatic nitrogens is 1. The highest BCUT2D eigenvalue weighted by atomic mass is 32.2. The number of nitrogens with one attached hydrogen (secondary N) is 1. The molecule has 6 heteroatoms. The largest absolute Gasteiger partial charge is 0.318 e. The van der Waals surface area contributed by atoms with E-state index in [1.165, 1.54) is 11.8 Å². The van der Waals surface area contributed by atoms with Crippen molar-refractivity contribution in [1.82, 2.24) is 10.3 Å². The lowest BCUT2D eigenvalue weighted by atomic mass is 10.3. The van der Waals surface area contributed by atoms with Crippen molar-refractivity contribution in [2.24, 2.45) is 4.99 Å².